The number of rotatable bonds is 6. The van der Waals surface area contributed by atoms with Crippen LogP contribution in [0.15, 0.2) is 23.3 Å². The number of anilines is 1. The molecule has 29 heavy (non-hydrogen) atoms. The Hall–Kier alpha value is -2.51. The molecule has 162 valence electrons. The Balaban J connectivity index is 1.69. The quantitative estimate of drug-likeness (QED) is 0.383. The number of nitrogens with zero attached hydrogens (tertiary/aromatic N) is 3. The number of hydrogen-bond acceptors (Lipinski definition) is 5. The van der Waals surface area contributed by atoms with Crippen LogP contribution < -0.4 is 20.9 Å². The van der Waals surface area contributed by atoms with Gasteiger partial charge in [-0.25, -0.2) is 9.78 Å². The first kappa shape index (κ1) is 22.8. The van der Waals surface area contributed by atoms with Crippen LogP contribution in [0.25, 0.3) is 0 Å². The topological polar surface area (TPSA) is 90.9 Å². The lowest BCUT2D eigenvalue weighted by Gasteiger charge is -2.31. The van der Waals surface area contributed by atoms with Crippen LogP contribution in [-0.2, 0) is 11.3 Å². The molecule has 0 aromatic carbocycles. The largest absolute Gasteiger partial charge is 0.444 e. The molecule has 2 heterocycles. The first-order valence-corrected chi connectivity index (χ1v) is 10.4. The molecule has 1 aromatic heterocycles. The second-order valence-corrected chi connectivity index (χ2v) is 8.48. The van der Waals surface area contributed by atoms with Crippen LogP contribution in [0.2, 0.25) is 0 Å². The standard InChI is InChI=1S/C21H36N6O2/c1-16-8-12-27(13-9-16)18-7-6-17(14-25-18)15-26-19(22-5)23-10-11-24-20(28)29-21(2,3)4/h6-7,14,16H,8-13,15H2,1-5H3,(H,24,28)(H2,22,23,26). The van der Waals surface area contributed by atoms with Crippen molar-refractivity contribution in [3.8, 4) is 0 Å². The van der Waals surface area contributed by atoms with Crippen molar-refractivity contribution in [3.63, 3.8) is 0 Å². The molecule has 1 aromatic rings. The fraction of sp³-hybridized carbons (Fsp3) is 0.667. The molecule has 0 saturated carbocycles. The summed E-state index contributed by atoms with van der Waals surface area (Å²) in [4.78, 5) is 22.8. The highest BCUT2D eigenvalue weighted by Crippen LogP contribution is 2.21. The summed E-state index contributed by atoms with van der Waals surface area (Å²) in [6.07, 6.45) is 3.96. The summed E-state index contributed by atoms with van der Waals surface area (Å²) in [6.45, 7) is 11.6. The van der Waals surface area contributed by atoms with Crippen LogP contribution in [-0.4, -0.2) is 55.9 Å². The van der Waals surface area contributed by atoms with Gasteiger partial charge in [0, 0.05) is 46.0 Å². The molecule has 0 radical (unpaired) electrons. The van der Waals surface area contributed by atoms with Crippen LogP contribution in [0.5, 0.6) is 0 Å². The SMILES string of the molecule is CN=C(NCCNC(=O)OC(C)(C)C)NCc1ccc(N2CCC(C)CC2)nc1. The lowest BCUT2D eigenvalue weighted by Crippen LogP contribution is -2.42. The molecule has 1 saturated heterocycles. The summed E-state index contributed by atoms with van der Waals surface area (Å²) < 4.78 is 5.20. The summed E-state index contributed by atoms with van der Waals surface area (Å²) >= 11 is 0. The Kier molecular flexibility index (Phi) is 8.54. The molecule has 0 aliphatic carbocycles. The van der Waals surface area contributed by atoms with Crippen LogP contribution in [0.1, 0.15) is 46.1 Å². The summed E-state index contributed by atoms with van der Waals surface area (Å²) in [6, 6.07) is 4.19. The van der Waals surface area contributed by atoms with Gasteiger partial charge in [-0.3, -0.25) is 4.99 Å². The van der Waals surface area contributed by atoms with Gasteiger partial charge < -0.3 is 25.6 Å². The number of hydrogen-bond donors (Lipinski definition) is 3. The lowest BCUT2D eigenvalue weighted by molar-refractivity contribution is 0.0529. The molecule has 0 bridgehead atoms. The maximum atomic E-state index is 11.6. The minimum absolute atomic E-state index is 0.420. The van der Waals surface area contributed by atoms with Gasteiger partial charge >= 0.3 is 6.09 Å². The highest BCUT2D eigenvalue weighted by molar-refractivity contribution is 5.79. The fourth-order valence-corrected chi connectivity index (χ4v) is 3.01. The number of piperidine rings is 1. The lowest BCUT2D eigenvalue weighted by atomic mass is 9.99. The number of alkyl carbamates (subject to hydrolysis) is 1. The first-order chi connectivity index (χ1) is 13.8. The van der Waals surface area contributed by atoms with Crippen molar-refractivity contribution in [1.82, 2.24) is 20.9 Å². The van der Waals surface area contributed by atoms with Crippen LogP contribution in [0, 0.1) is 5.92 Å². The van der Waals surface area contributed by atoms with E-state index in [1.165, 1.54) is 12.8 Å². The van der Waals surface area contributed by atoms with E-state index in [0.29, 0.717) is 25.6 Å². The molecule has 0 atom stereocenters. The molecule has 8 nitrogen and oxygen atoms in total. The molecule has 8 heteroatoms. The molecule has 1 aliphatic heterocycles. The smallest absolute Gasteiger partial charge is 0.407 e. The van der Waals surface area contributed by atoms with Gasteiger partial charge in [-0.05, 0) is 51.2 Å². The zero-order chi connectivity index (χ0) is 21.3. The molecular weight excluding hydrogens is 368 g/mol. The second kappa shape index (κ2) is 10.9. The molecule has 1 aliphatic rings. The molecule has 1 fully saturated rings. The first-order valence-electron chi connectivity index (χ1n) is 10.4. The van der Waals surface area contributed by atoms with E-state index < -0.39 is 11.7 Å². The van der Waals surface area contributed by atoms with E-state index in [4.69, 9.17) is 4.74 Å². The van der Waals surface area contributed by atoms with E-state index in [1.54, 1.807) is 7.05 Å². The summed E-state index contributed by atoms with van der Waals surface area (Å²) in [5.74, 6) is 2.54. The number of ether oxygens (including phenoxy) is 1. The highest BCUT2D eigenvalue weighted by atomic mass is 16.6. The number of pyridine rings is 1. The van der Waals surface area contributed by atoms with Gasteiger partial charge in [0.1, 0.15) is 11.4 Å². The van der Waals surface area contributed by atoms with Crippen LogP contribution in [0.4, 0.5) is 10.6 Å². The zero-order valence-corrected chi connectivity index (χ0v) is 18.4. The summed E-state index contributed by atoms with van der Waals surface area (Å²) in [5.41, 5.74) is 0.597. The van der Waals surface area contributed by atoms with Crippen molar-refractivity contribution in [1.29, 1.82) is 0 Å². The Bertz CT molecular complexity index is 661. The predicted molar refractivity (Wildman–Crippen MR) is 117 cm³/mol. The van der Waals surface area contributed by atoms with Gasteiger partial charge in [-0.2, -0.15) is 0 Å². The van der Waals surface area contributed by atoms with Crippen molar-refractivity contribution in [2.24, 2.45) is 10.9 Å². The van der Waals surface area contributed by atoms with Gasteiger partial charge in [0.25, 0.3) is 0 Å². The third-order valence-electron chi connectivity index (χ3n) is 4.69. The number of guanidine groups is 1. The maximum Gasteiger partial charge on any atom is 0.407 e. The Morgan fingerprint density at radius 3 is 2.48 bits per heavy atom. The molecule has 1 amide bonds. The number of carbonyl (C=O) groups is 1. The normalized spacial score (nSPS) is 15.8. The van der Waals surface area contributed by atoms with Crippen molar-refractivity contribution in [3.05, 3.63) is 23.9 Å². The van der Waals surface area contributed by atoms with Gasteiger partial charge in [0.2, 0.25) is 0 Å². The maximum absolute atomic E-state index is 11.6. The highest BCUT2D eigenvalue weighted by Gasteiger charge is 2.17. The van der Waals surface area contributed by atoms with E-state index in [0.717, 1.165) is 30.4 Å². The number of amides is 1. The molecular formula is C21H36N6O2. The van der Waals surface area contributed by atoms with Crippen molar-refractivity contribution in [2.75, 3.05) is 38.1 Å². The number of aliphatic imine (C=N–C) groups is 1. The second-order valence-electron chi connectivity index (χ2n) is 8.48. The van der Waals surface area contributed by atoms with Gasteiger partial charge in [-0.1, -0.05) is 13.0 Å². The van der Waals surface area contributed by atoms with E-state index in [2.05, 4.69) is 49.9 Å². The zero-order valence-electron chi connectivity index (χ0n) is 18.4. The molecule has 0 spiro atoms. The third-order valence-corrected chi connectivity index (χ3v) is 4.69. The minimum Gasteiger partial charge on any atom is -0.444 e. The number of carbonyl (C=O) groups excluding carboxylic acids is 1. The van der Waals surface area contributed by atoms with Crippen LogP contribution >= 0.6 is 0 Å². The molecule has 2 rings (SSSR count). The Labute approximate surface area is 174 Å². The van der Waals surface area contributed by atoms with Crippen molar-refractivity contribution < 1.29 is 9.53 Å². The van der Waals surface area contributed by atoms with E-state index >= 15 is 0 Å². The van der Waals surface area contributed by atoms with Gasteiger partial charge in [-0.15, -0.1) is 0 Å². The Morgan fingerprint density at radius 2 is 1.90 bits per heavy atom. The minimum atomic E-state index is -0.495. The van der Waals surface area contributed by atoms with E-state index in [9.17, 15) is 4.79 Å². The Morgan fingerprint density at radius 1 is 1.21 bits per heavy atom. The molecule has 3 N–H and O–H groups in total. The summed E-state index contributed by atoms with van der Waals surface area (Å²) in [7, 11) is 1.72. The average Bonchev–Trinajstić information content (AvgIpc) is 2.67. The monoisotopic (exact) mass is 404 g/mol. The summed E-state index contributed by atoms with van der Waals surface area (Å²) in [5, 5.41) is 9.13. The van der Waals surface area contributed by atoms with Crippen LogP contribution in [0.3, 0.4) is 0 Å². The predicted octanol–water partition coefficient (Wildman–Crippen LogP) is 2.51. The molecule has 0 unspecified atom stereocenters. The number of nitrogens with one attached hydrogen (secondary N) is 3. The van der Waals surface area contributed by atoms with E-state index in [1.807, 2.05) is 27.0 Å². The van der Waals surface area contributed by atoms with Crippen molar-refractivity contribution in [2.45, 2.75) is 52.7 Å². The van der Waals surface area contributed by atoms with Gasteiger partial charge in [0.05, 0.1) is 0 Å². The average molecular weight is 405 g/mol. The fourth-order valence-electron chi connectivity index (χ4n) is 3.01. The third kappa shape index (κ3) is 8.58. The van der Waals surface area contributed by atoms with Crippen molar-refractivity contribution >= 4 is 17.9 Å². The van der Waals surface area contributed by atoms with E-state index in [-0.39, 0.29) is 0 Å². The number of aromatic nitrogens is 1. The van der Waals surface area contributed by atoms with Gasteiger partial charge in [0.15, 0.2) is 5.96 Å².